The molecule has 5 aliphatic rings. The van der Waals surface area contributed by atoms with Crippen LogP contribution in [0.25, 0.3) is 0 Å². The largest absolute Gasteiger partial charge is 0.481 e. The van der Waals surface area contributed by atoms with E-state index < -0.39 is 76.8 Å². The van der Waals surface area contributed by atoms with Gasteiger partial charge in [-0.3, -0.25) is 9.59 Å². The number of carboxylic acids is 1. The Balaban J connectivity index is 1.31. The van der Waals surface area contributed by atoms with Gasteiger partial charge in [0.15, 0.2) is 5.79 Å². The maximum atomic E-state index is 14.4. The van der Waals surface area contributed by atoms with Crippen molar-refractivity contribution in [3.8, 4) is 0 Å². The Kier molecular flexibility index (Phi) is 13.0. The maximum Gasteiger partial charge on any atom is 0.309 e. The summed E-state index contributed by atoms with van der Waals surface area (Å²) in [5, 5.41) is 44.0. The smallest absolute Gasteiger partial charge is 0.309 e. The fourth-order valence-corrected chi connectivity index (χ4v) is 10.5. The molecule has 5 aliphatic heterocycles. The molecule has 0 aliphatic carbocycles. The zero-order chi connectivity index (χ0) is 39.3. The lowest BCUT2D eigenvalue weighted by Gasteiger charge is -2.54. The van der Waals surface area contributed by atoms with Crippen LogP contribution in [-0.4, -0.2) is 97.7 Å². The first-order valence-corrected chi connectivity index (χ1v) is 20.7. The highest BCUT2D eigenvalue weighted by atomic mass is 16.8. The average molecular weight is 751 g/mol. The van der Waals surface area contributed by atoms with Gasteiger partial charge in [0.25, 0.3) is 0 Å². The summed E-state index contributed by atoms with van der Waals surface area (Å²) in [7, 11) is 0. The van der Waals surface area contributed by atoms with Crippen LogP contribution < -0.4 is 0 Å². The van der Waals surface area contributed by atoms with Crippen molar-refractivity contribution < 1.29 is 53.7 Å². The van der Waals surface area contributed by atoms with Gasteiger partial charge in [0, 0.05) is 30.1 Å². The van der Waals surface area contributed by atoms with E-state index in [0.29, 0.717) is 57.8 Å². The van der Waals surface area contributed by atoms with E-state index in [2.05, 4.69) is 20.8 Å². The van der Waals surface area contributed by atoms with Gasteiger partial charge in [0.2, 0.25) is 5.79 Å². The van der Waals surface area contributed by atoms with E-state index in [4.69, 9.17) is 23.7 Å². The molecule has 0 amide bonds. The highest BCUT2D eigenvalue weighted by Crippen LogP contribution is 2.54. The van der Waals surface area contributed by atoms with Crippen molar-refractivity contribution in [3.63, 3.8) is 0 Å². The van der Waals surface area contributed by atoms with Crippen molar-refractivity contribution >= 4 is 11.8 Å². The Labute approximate surface area is 317 Å². The number of ether oxygens (including phenoxy) is 5. The number of carbonyl (C=O) groups excluding carboxylic acids is 1. The number of Topliss-reactive ketones (excluding diaryl/α,β-unsaturated/α-hetero) is 1. The zero-order valence-corrected chi connectivity index (χ0v) is 34.0. The SMILES string of the molecule is CC[C@H](C(=O)O)[C@@H]1CC[C@H](C)[C@H]([C@H](C)[C@H](O)[C@H](C)C(=O)[C@H](CC)[C@@H]2O[C@]3(C=C[C@H](O)[C@]4(CC[C@](C)([C@@H]5CC[C@](O)(CC)[C@H](C)O5)O4)O3)[C@H](C)C[C@@H]2C)O1. The minimum Gasteiger partial charge on any atom is -0.481 e. The first-order valence-electron chi connectivity index (χ1n) is 20.7. The molecule has 2 spiro atoms. The molecule has 18 atom stereocenters. The van der Waals surface area contributed by atoms with Crippen LogP contribution >= 0.6 is 0 Å². The molecule has 4 saturated heterocycles. The molecule has 5 heterocycles. The molecule has 0 saturated carbocycles. The Morgan fingerprint density at radius 1 is 0.887 bits per heavy atom. The fourth-order valence-electron chi connectivity index (χ4n) is 10.5. The lowest BCUT2D eigenvalue weighted by atomic mass is 9.72. The van der Waals surface area contributed by atoms with Crippen molar-refractivity contribution in [2.75, 3.05) is 0 Å². The predicted molar refractivity (Wildman–Crippen MR) is 199 cm³/mol. The van der Waals surface area contributed by atoms with Gasteiger partial charge < -0.3 is 44.1 Å². The van der Waals surface area contributed by atoms with Crippen LogP contribution in [0.1, 0.15) is 133 Å². The molecule has 4 N–H and O–H groups in total. The first kappa shape index (κ1) is 42.7. The third-order valence-corrected chi connectivity index (χ3v) is 14.4. The summed E-state index contributed by atoms with van der Waals surface area (Å²) in [6.45, 7) is 19.6. The molecule has 0 aromatic carbocycles. The van der Waals surface area contributed by atoms with Gasteiger partial charge in [-0.15, -0.1) is 0 Å². The number of carbonyl (C=O) groups is 2. The van der Waals surface area contributed by atoms with E-state index in [9.17, 15) is 30.0 Å². The number of aliphatic hydroxyl groups excluding tert-OH is 2. The Hall–Kier alpha value is -1.44. The molecule has 0 radical (unpaired) electrons. The van der Waals surface area contributed by atoms with Crippen molar-refractivity contribution in [3.05, 3.63) is 12.2 Å². The van der Waals surface area contributed by atoms with Crippen molar-refractivity contribution in [1.82, 2.24) is 0 Å². The minimum absolute atomic E-state index is 0.0137. The minimum atomic E-state index is -1.37. The van der Waals surface area contributed by atoms with Gasteiger partial charge in [-0.05, 0) is 95.6 Å². The normalized spacial score (nSPS) is 46.2. The third kappa shape index (κ3) is 7.94. The summed E-state index contributed by atoms with van der Waals surface area (Å²) in [5.41, 5.74) is -1.63. The second-order valence-electron chi connectivity index (χ2n) is 17.9. The average Bonchev–Trinajstić information content (AvgIpc) is 3.47. The number of aliphatic carboxylic acids is 1. The Morgan fingerprint density at radius 3 is 2.17 bits per heavy atom. The van der Waals surface area contributed by atoms with Gasteiger partial charge in [0.05, 0.1) is 53.7 Å². The number of ketones is 1. The quantitative estimate of drug-likeness (QED) is 0.169. The molecular formula is C42H70O11. The van der Waals surface area contributed by atoms with Crippen LogP contribution in [-0.2, 0) is 33.3 Å². The topological polar surface area (TPSA) is 161 Å². The molecule has 4 fully saturated rings. The third-order valence-electron chi connectivity index (χ3n) is 14.4. The van der Waals surface area contributed by atoms with Crippen LogP contribution in [0, 0.1) is 41.4 Å². The Morgan fingerprint density at radius 2 is 1.57 bits per heavy atom. The van der Waals surface area contributed by atoms with Gasteiger partial charge in [0.1, 0.15) is 11.9 Å². The molecule has 53 heavy (non-hydrogen) atoms. The molecule has 11 nitrogen and oxygen atoms in total. The fraction of sp³-hybridized carbons (Fsp3) is 0.905. The molecule has 11 heteroatoms. The van der Waals surface area contributed by atoms with E-state index >= 15 is 0 Å². The number of hydrogen-bond acceptors (Lipinski definition) is 10. The summed E-state index contributed by atoms with van der Waals surface area (Å²) in [4.78, 5) is 26.4. The summed E-state index contributed by atoms with van der Waals surface area (Å²) < 4.78 is 33.5. The summed E-state index contributed by atoms with van der Waals surface area (Å²) >= 11 is 0. The van der Waals surface area contributed by atoms with Crippen molar-refractivity contribution in [2.24, 2.45) is 41.4 Å². The molecule has 5 rings (SSSR count). The van der Waals surface area contributed by atoms with Crippen molar-refractivity contribution in [2.45, 2.75) is 199 Å². The van der Waals surface area contributed by atoms with E-state index in [1.54, 1.807) is 19.1 Å². The molecule has 304 valence electrons. The van der Waals surface area contributed by atoms with Crippen LogP contribution in [0.4, 0.5) is 0 Å². The van der Waals surface area contributed by atoms with E-state index in [-0.39, 0.29) is 41.8 Å². The molecule has 0 unspecified atom stereocenters. The monoisotopic (exact) mass is 750 g/mol. The van der Waals surface area contributed by atoms with Gasteiger partial charge in [-0.2, -0.15) is 0 Å². The second-order valence-corrected chi connectivity index (χ2v) is 17.9. The van der Waals surface area contributed by atoms with Crippen LogP contribution in [0.5, 0.6) is 0 Å². The standard InChI is InChI=1S/C42H70O11/c1-11-29(38(46)47)31-15-14-23(4)36(50-31)27(8)34(44)26(7)35(45)30(12-2)37-24(5)22-25(6)41(51-37)19-16-32(43)42(53-41)21-20-39(10,52-42)33-17-18-40(48,13-3)28(9)49-33/h16,19,23-34,36-37,43-44,48H,11-15,17-18,20-22H2,1-10H3,(H,46,47)/t23-,24-,25+,26-,27+,28-,29-,30-,31-,32-,33-,34+,36+,37+,39+,40+,41-,42-/m0/s1. The number of hydrogen-bond donors (Lipinski definition) is 4. The van der Waals surface area contributed by atoms with Crippen LogP contribution in [0.15, 0.2) is 12.2 Å². The number of carboxylic acid groups (broad SMARTS) is 1. The van der Waals surface area contributed by atoms with Crippen LogP contribution in [0.2, 0.25) is 0 Å². The van der Waals surface area contributed by atoms with Gasteiger partial charge in [-0.1, -0.05) is 55.4 Å². The predicted octanol–water partition coefficient (Wildman–Crippen LogP) is 6.19. The van der Waals surface area contributed by atoms with E-state index in [1.807, 2.05) is 41.5 Å². The summed E-state index contributed by atoms with van der Waals surface area (Å²) in [6, 6.07) is 0. The van der Waals surface area contributed by atoms with E-state index in [0.717, 1.165) is 6.42 Å². The van der Waals surface area contributed by atoms with E-state index in [1.165, 1.54) is 0 Å². The highest BCUT2D eigenvalue weighted by molar-refractivity contribution is 5.84. The van der Waals surface area contributed by atoms with Crippen LogP contribution in [0.3, 0.4) is 0 Å². The second kappa shape index (κ2) is 16.2. The lowest BCUT2D eigenvalue weighted by molar-refractivity contribution is -0.409. The Bertz CT molecular complexity index is 1320. The van der Waals surface area contributed by atoms with Gasteiger partial charge in [-0.25, -0.2) is 0 Å². The molecule has 0 bridgehead atoms. The first-order chi connectivity index (χ1) is 24.8. The summed E-state index contributed by atoms with van der Waals surface area (Å²) in [5.74, 6) is -5.78. The molecular weight excluding hydrogens is 680 g/mol. The molecule has 0 aromatic heterocycles. The lowest BCUT2D eigenvalue weighted by Crippen LogP contribution is -2.63. The summed E-state index contributed by atoms with van der Waals surface area (Å²) in [6.07, 6.45) is 5.51. The zero-order valence-electron chi connectivity index (χ0n) is 34.0. The number of aliphatic hydroxyl groups is 3. The highest BCUT2D eigenvalue weighted by Gasteiger charge is 2.63. The molecule has 0 aromatic rings. The van der Waals surface area contributed by atoms with Crippen molar-refractivity contribution in [1.29, 1.82) is 0 Å². The number of rotatable bonds is 12. The maximum absolute atomic E-state index is 14.4. The van der Waals surface area contributed by atoms with Gasteiger partial charge >= 0.3 is 5.97 Å².